The second kappa shape index (κ2) is 9.39. The molecule has 1 amide bonds. The molecule has 0 fully saturated rings. The number of aromatic nitrogens is 2. The van der Waals surface area contributed by atoms with Crippen molar-refractivity contribution >= 4 is 35.3 Å². The molecule has 0 atom stereocenters. The average Bonchev–Trinajstić information content (AvgIpc) is 3.21. The van der Waals surface area contributed by atoms with Gasteiger partial charge in [-0.05, 0) is 49.7 Å². The van der Waals surface area contributed by atoms with Crippen LogP contribution >= 0.6 is 23.2 Å². The van der Waals surface area contributed by atoms with E-state index in [1.165, 1.54) is 6.21 Å². The summed E-state index contributed by atoms with van der Waals surface area (Å²) in [6, 6.07) is 22.8. The number of amides is 1. The van der Waals surface area contributed by atoms with Gasteiger partial charge in [0.25, 0.3) is 5.91 Å². The van der Waals surface area contributed by atoms with Gasteiger partial charge >= 0.3 is 0 Å². The summed E-state index contributed by atoms with van der Waals surface area (Å²) >= 11 is 12.1. The number of benzene rings is 3. The number of hydrazone groups is 1. The molecule has 0 aliphatic rings. The van der Waals surface area contributed by atoms with Crippen molar-refractivity contribution in [1.82, 2.24) is 15.2 Å². The molecule has 1 heterocycles. The van der Waals surface area contributed by atoms with Gasteiger partial charge in [0.15, 0.2) is 5.69 Å². The molecule has 0 bridgehead atoms. The van der Waals surface area contributed by atoms with Crippen molar-refractivity contribution in [3.8, 4) is 16.9 Å². The van der Waals surface area contributed by atoms with Gasteiger partial charge < -0.3 is 0 Å². The molecular weight excluding hydrogens is 443 g/mol. The first kappa shape index (κ1) is 21.8. The Morgan fingerprint density at radius 3 is 2.47 bits per heavy atom. The van der Waals surface area contributed by atoms with Crippen LogP contribution in [0.25, 0.3) is 16.9 Å². The van der Waals surface area contributed by atoms with Gasteiger partial charge in [-0.25, -0.2) is 10.1 Å². The quantitative estimate of drug-likeness (QED) is 0.282. The zero-order valence-corrected chi connectivity index (χ0v) is 19.0. The molecule has 0 radical (unpaired) electrons. The van der Waals surface area contributed by atoms with Crippen molar-refractivity contribution in [1.29, 1.82) is 0 Å². The lowest BCUT2D eigenvalue weighted by Gasteiger charge is -2.08. The molecular formula is C25H20Cl2N4O. The van der Waals surface area contributed by atoms with E-state index in [-0.39, 0.29) is 5.69 Å². The fourth-order valence-electron chi connectivity index (χ4n) is 3.20. The maximum Gasteiger partial charge on any atom is 0.291 e. The minimum atomic E-state index is -0.425. The van der Waals surface area contributed by atoms with Crippen LogP contribution in [-0.2, 0) is 0 Å². The average molecular weight is 463 g/mol. The summed E-state index contributed by atoms with van der Waals surface area (Å²) < 4.78 is 1.77. The highest BCUT2D eigenvalue weighted by Crippen LogP contribution is 2.25. The van der Waals surface area contributed by atoms with Crippen LogP contribution in [0.3, 0.4) is 0 Å². The van der Waals surface area contributed by atoms with E-state index >= 15 is 0 Å². The van der Waals surface area contributed by atoms with Gasteiger partial charge in [0.2, 0.25) is 0 Å². The van der Waals surface area contributed by atoms with Crippen molar-refractivity contribution in [2.24, 2.45) is 5.10 Å². The van der Waals surface area contributed by atoms with Crippen molar-refractivity contribution in [3.63, 3.8) is 0 Å². The summed E-state index contributed by atoms with van der Waals surface area (Å²) in [5.74, 6) is -0.425. The van der Waals surface area contributed by atoms with Gasteiger partial charge in [0, 0.05) is 16.1 Å². The number of hydrogen-bond acceptors (Lipinski definition) is 3. The molecule has 0 spiro atoms. The second-order valence-electron chi connectivity index (χ2n) is 7.40. The van der Waals surface area contributed by atoms with E-state index in [9.17, 15) is 4.79 Å². The molecule has 1 aromatic heterocycles. The first-order chi connectivity index (χ1) is 15.4. The van der Waals surface area contributed by atoms with Gasteiger partial charge in [0.1, 0.15) is 0 Å². The molecule has 0 saturated carbocycles. The summed E-state index contributed by atoms with van der Waals surface area (Å²) in [5, 5.41) is 9.55. The maximum absolute atomic E-state index is 12.8. The van der Waals surface area contributed by atoms with E-state index in [0.717, 1.165) is 28.1 Å². The number of carbonyl (C=O) groups excluding carboxylic acids is 1. The number of nitrogens with one attached hydrogen (secondary N) is 1. The molecule has 0 aliphatic carbocycles. The molecule has 0 saturated heterocycles. The monoisotopic (exact) mass is 462 g/mol. The van der Waals surface area contributed by atoms with Crippen molar-refractivity contribution in [3.05, 3.63) is 105 Å². The lowest BCUT2D eigenvalue weighted by atomic mass is 10.1. The van der Waals surface area contributed by atoms with E-state index in [1.54, 1.807) is 28.9 Å². The third-order valence-electron chi connectivity index (χ3n) is 4.87. The van der Waals surface area contributed by atoms with Gasteiger partial charge in [0.05, 0.1) is 22.6 Å². The summed E-state index contributed by atoms with van der Waals surface area (Å²) in [4.78, 5) is 12.8. The van der Waals surface area contributed by atoms with Crippen molar-refractivity contribution in [2.75, 3.05) is 0 Å². The summed E-state index contributed by atoms with van der Waals surface area (Å²) in [5.41, 5.74) is 8.31. The van der Waals surface area contributed by atoms with E-state index < -0.39 is 5.91 Å². The van der Waals surface area contributed by atoms with Crippen LogP contribution in [0, 0.1) is 13.8 Å². The van der Waals surface area contributed by atoms with Gasteiger partial charge in [-0.15, -0.1) is 0 Å². The standard InChI is InChI=1S/C25H20Cl2N4O/c1-16-6-8-18(9-7-16)24-14-23(30-31(24)21-5-3-4-17(2)12-21)25(32)29-28-15-19-10-11-20(26)13-22(19)27/h3-15H,1-2H3,(H,29,32)/b28-15-. The van der Waals surface area contributed by atoms with Crippen LogP contribution < -0.4 is 5.43 Å². The Bertz CT molecular complexity index is 1310. The van der Waals surface area contributed by atoms with Crippen molar-refractivity contribution in [2.45, 2.75) is 13.8 Å². The summed E-state index contributed by atoms with van der Waals surface area (Å²) in [6.07, 6.45) is 1.47. The largest absolute Gasteiger partial charge is 0.291 e. The minimum Gasteiger partial charge on any atom is -0.265 e. The first-order valence-corrected chi connectivity index (χ1v) is 10.7. The SMILES string of the molecule is Cc1ccc(-c2cc(C(=O)N/N=C\c3ccc(Cl)cc3Cl)nn2-c2cccc(C)c2)cc1. The molecule has 3 aromatic carbocycles. The molecule has 4 aromatic rings. The van der Waals surface area contributed by atoms with E-state index in [1.807, 2.05) is 62.4 Å². The predicted molar refractivity (Wildman–Crippen MR) is 130 cm³/mol. The smallest absolute Gasteiger partial charge is 0.265 e. The molecule has 160 valence electrons. The predicted octanol–water partition coefficient (Wildman–Crippen LogP) is 6.23. The summed E-state index contributed by atoms with van der Waals surface area (Å²) in [6.45, 7) is 4.05. The van der Waals surface area contributed by atoms with Gasteiger partial charge in [-0.1, -0.05) is 71.2 Å². The van der Waals surface area contributed by atoms with Crippen LogP contribution in [0.2, 0.25) is 10.0 Å². The highest BCUT2D eigenvalue weighted by atomic mass is 35.5. The number of hydrogen-bond donors (Lipinski definition) is 1. The minimum absolute atomic E-state index is 0.251. The van der Waals surface area contributed by atoms with E-state index in [4.69, 9.17) is 23.2 Å². The third kappa shape index (κ3) is 4.90. The Morgan fingerprint density at radius 1 is 0.969 bits per heavy atom. The first-order valence-electron chi connectivity index (χ1n) is 9.93. The third-order valence-corrected chi connectivity index (χ3v) is 5.43. The fourth-order valence-corrected chi connectivity index (χ4v) is 3.66. The topological polar surface area (TPSA) is 59.3 Å². The normalized spacial score (nSPS) is 11.1. The molecule has 1 N–H and O–H groups in total. The highest BCUT2D eigenvalue weighted by Gasteiger charge is 2.16. The van der Waals surface area contributed by atoms with Gasteiger partial charge in [-0.2, -0.15) is 10.2 Å². The number of halogens is 2. The number of carbonyl (C=O) groups is 1. The molecule has 32 heavy (non-hydrogen) atoms. The second-order valence-corrected chi connectivity index (χ2v) is 8.24. The number of aryl methyl sites for hydroxylation is 2. The Balaban J connectivity index is 1.65. The fraction of sp³-hybridized carbons (Fsp3) is 0.0800. The van der Waals surface area contributed by atoms with E-state index in [2.05, 4.69) is 15.6 Å². The Morgan fingerprint density at radius 2 is 1.75 bits per heavy atom. The van der Waals surface area contributed by atoms with Gasteiger partial charge in [-0.3, -0.25) is 4.79 Å². The molecule has 7 heteroatoms. The Labute approximate surface area is 196 Å². The lowest BCUT2D eigenvalue weighted by molar-refractivity contribution is 0.0949. The highest BCUT2D eigenvalue weighted by molar-refractivity contribution is 6.36. The van der Waals surface area contributed by atoms with Crippen LogP contribution in [0.5, 0.6) is 0 Å². The molecule has 0 unspecified atom stereocenters. The molecule has 0 aliphatic heterocycles. The lowest BCUT2D eigenvalue weighted by Crippen LogP contribution is -2.18. The Hall–Kier alpha value is -3.41. The maximum atomic E-state index is 12.8. The van der Waals surface area contributed by atoms with Crippen molar-refractivity contribution < 1.29 is 4.79 Å². The molecule has 4 rings (SSSR count). The van der Waals surface area contributed by atoms with Crippen LogP contribution in [0.4, 0.5) is 0 Å². The van der Waals surface area contributed by atoms with Crippen LogP contribution in [0.1, 0.15) is 27.2 Å². The summed E-state index contributed by atoms with van der Waals surface area (Å²) in [7, 11) is 0. The van der Waals surface area contributed by atoms with E-state index in [0.29, 0.717) is 15.6 Å². The molecule has 5 nitrogen and oxygen atoms in total. The zero-order valence-electron chi connectivity index (χ0n) is 17.5. The zero-order chi connectivity index (χ0) is 22.7. The van der Waals surface area contributed by atoms with Crippen LogP contribution in [0.15, 0.2) is 77.9 Å². The number of rotatable bonds is 5. The Kier molecular flexibility index (Phi) is 6.40. The van der Waals surface area contributed by atoms with Crippen LogP contribution in [-0.4, -0.2) is 21.9 Å². The number of nitrogens with zero attached hydrogens (tertiary/aromatic N) is 3.